The fourth-order valence-corrected chi connectivity index (χ4v) is 4.94. The fraction of sp³-hybridized carbons (Fsp3) is 0.211. The van der Waals surface area contributed by atoms with Crippen molar-refractivity contribution in [1.29, 1.82) is 0 Å². The molecule has 0 fully saturated rings. The molecule has 0 bridgehead atoms. The number of thiophene rings is 1. The van der Waals surface area contributed by atoms with Crippen molar-refractivity contribution in [1.82, 2.24) is 14.5 Å². The number of fused-ring (bicyclic) bond motifs is 2. The van der Waals surface area contributed by atoms with Gasteiger partial charge in [0.25, 0.3) is 5.56 Å². The van der Waals surface area contributed by atoms with Crippen molar-refractivity contribution in [2.75, 3.05) is 0 Å². The third kappa shape index (κ3) is 2.75. The van der Waals surface area contributed by atoms with Gasteiger partial charge in [-0.1, -0.05) is 36.0 Å². The second-order valence-corrected chi connectivity index (χ2v) is 8.15. The highest BCUT2D eigenvalue weighted by Crippen LogP contribution is 2.30. The first kappa shape index (κ1) is 16.3. The maximum Gasteiger partial charge on any atom is 0.262 e. The molecule has 0 unspecified atom stereocenters. The van der Waals surface area contributed by atoms with E-state index in [4.69, 9.17) is 4.98 Å². The molecule has 25 heavy (non-hydrogen) atoms. The monoisotopic (exact) mass is 367 g/mol. The molecule has 0 saturated heterocycles. The summed E-state index contributed by atoms with van der Waals surface area (Å²) in [6.07, 6.45) is 1.81. The van der Waals surface area contributed by atoms with Crippen molar-refractivity contribution >= 4 is 44.2 Å². The molecule has 3 heterocycles. The minimum atomic E-state index is 0.0328. The molecule has 6 heteroatoms. The summed E-state index contributed by atoms with van der Waals surface area (Å²) in [5, 5.41) is 2.62. The first-order valence-corrected chi connectivity index (χ1v) is 9.78. The highest BCUT2D eigenvalue weighted by molar-refractivity contribution is 7.98. The average molecular weight is 367 g/mol. The van der Waals surface area contributed by atoms with Crippen LogP contribution in [0.5, 0.6) is 0 Å². The normalized spacial score (nSPS) is 11.5. The molecule has 0 amide bonds. The lowest BCUT2D eigenvalue weighted by Crippen LogP contribution is -2.19. The fourth-order valence-electron chi connectivity index (χ4n) is 2.91. The van der Waals surface area contributed by atoms with Crippen molar-refractivity contribution in [3.63, 3.8) is 0 Å². The third-order valence-electron chi connectivity index (χ3n) is 4.44. The number of pyridine rings is 1. The molecule has 1 aromatic carbocycles. The van der Waals surface area contributed by atoms with Crippen molar-refractivity contribution in [3.05, 3.63) is 62.9 Å². The van der Waals surface area contributed by atoms with Gasteiger partial charge in [0.05, 0.1) is 10.9 Å². The summed E-state index contributed by atoms with van der Waals surface area (Å²) in [7, 11) is 1.80. The van der Waals surface area contributed by atoms with Crippen molar-refractivity contribution in [2.45, 2.75) is 24.8 Å². The predicted molar refractivity (Wildman–Crippen MR) is 106 cm³/mol. The molecule has 0 aliphatic heterocycles. The van der Waals surface area contributed by atoms with Gasteiger partial charge in [0.2, 0.25) is 0 Å². The number of para-hydroxylation sites is 1. The minimum Gasteiger partial charge on any atom is -0.290 e. The van der Waals surface area contributed by atoms with Gasteiger partial charge in [0.1, 0.15) is 4.83 Å². The molecule has 4 rings (SSSR count). The Morgan fingerprint density at radius 2 is 2.00 bits per heavy atom. The van der Waals surface area contributed by atoms with Crippen LogP contribution in [-0.4, -0.2) is 14.5 Å². The molecule has 0 atom stereocenters. The molecule has 0 spiro atoms. The topological polar surface area (TPSA) is 47.8 Å². The van der Waals surface area contributed by atoms with Crippen molar-refractivity contribution in [3.8, 4) is 0 Å². The first-order valence-electron chi connectivity index (χ1n) is 7.98. The number of hydrogen-bond acceptors (Lipinski definition) is 5. The number of rotatable bonds is 3. The van der Waals surface area contributed by atoms with E-state index >= 15 is 0 Å². The van der Waals surface area contributed by atoms with Gasteiger partial charge in [-0.05, 0) is 31.0 Å². The van der Waals surface area contributed by atoms with E-state index in [1.807, 2.05) is 32.2 Å². The Labute approximate surface area is 153 Å². The zero-order valence-corrected chi connectivity index (χ0v) is 15.9. The van der Waals surface area contributed by atoms with Gasteiger partial charge in [0.15, 0.2) is 5.16 Å². The Hall–Kier alpha value is -2.18. The van der Waals surface area contributed by atoms with Crippen LogP contribution in [-0.2, 0) is 12.8 Å². The van der Waals surface area contributed by atoms with E-state index in [1.54, 1.807) is 34.7 Å². The van der Waals surface area contributed by atoms with Gasteiger partial charge < -0.3 is 0 Å². The first-order chi connectivity index (χ1) is 12.1. The van der Waals surface area contributed by atoms with E-state index in [1.165, 1.54) is 0 Å². The number of thioether (sulfide) groups is 1. The number of aryl methyl sites for hydroxylation is 2. The largest absolute Gasteiger partial charge is 0.290 e. The van der Waals surface area contributed by atoms with E-state index in [0.717, 1.165) is 48.0 Å². The number of nitrogens with zero attached hydrogens (tertiary/aromatic N) is 3. The van der Waals surface area contributed by atoms with Gasteiger partial charge >= 0.3 is 0 Å². The zero-order valence-electron chi connectivity index (χ0n) is 14.2. The van der Waals surface area contributed by atoms with Gasteiger partial charge in [-0.3, -0.25) is 14.3 Å². The molecule has 4 aromatic rings. The van der Waals surface area contributed by atoms with Gasteiger partial charge in [-0.15, -0.1) is 11.3 Å². The Kier molecular flexibility index (Phi) is 4.09. The predicted octanol–water partition coefficient (Wildman–Crippen LogP) is 4.45. The molecule has 3 aromatic heterocycles. The summed E-state index contributed by atoms with van der Waals surface area (Å²) >= 11 is 3.17. The van der Waals surface area contributed by atoms with Crippen LogP contribution in [0.1, 0.15) is 16.0 Å². The summed E-state index contributed by atoms with van der Waals surface area (Å²) in [4.78, 5) is 23.9. The van der Waals surface area contributed by atoms with Crippen LogP contribution in [0.3, 0.4) is 0 Å². The molecule has 4 nitrogen and oxygen atoms in total. The molecule has 0 aliphatic rings. The smallest absolute Gasteiger partial charge is 0.262 e. The number of aromatic nitrogens is 3. The summed E-state index contributed by atoms with van der Waals surface area (Å²) < 4.78 is 1.66. The quantitative estimate of drug-likeness (QED) is 0.396. The Morgan fingerprint density at radius 3 is 2.84 bits per heavy atom. The summed E-state index contributed by atoms with van der Waals surface area (Å²) in [6.45, 7) is 4.03. The Balaban J connectivity index is 1.74. The number of hydrogen-bond donors (Lipinski definition) is 0. The summed E-state index contributed by atoms with van der Waals surface area (Å²) in [5.41, 5.74) is 3.23. The molecule has 0 saturated carbocycles. The molecular weight excluding hydrogens is 350 g/mol. The molecule has 126 valence electrons. The average Bonchev–Trinajstić information content (AvgIpc) is 2.91. The molecule has 0 N–H and O–H groups in total. The summed E-state index contributed by atoms with van der Waals surface area (Å²) in [6, 6.07) is 10.2. The lowest BCUT2D eigenvalue weighted by atomic mass is 10.1. The van der Waals surface area contributed by atoms with E-state index in [2.05, 4.69) is 23.2 Å². The zero-order chi connectivity index (χ0) is 17.6. The maximum atomic E-state index is 12.7. The minimum absolute atomic E-state index is 0.0328. The van der Waals surface area contributed by atoms with Crippen LogP contribution in [0.4, 0.5) is 0 Å². The lowest BCUT2D eigenvalue weighted by molar-refractivity contribution is 0.727. The van der Waals surface area contributed by atoms with Crippen LogP contribution < -0.4 is 5.56 Å². The van der Waals surface area contributed by atoms with Crippen molar-refractivity contribution in [2.24, 2.45) is 7.05 Å². The Bertz CT molecular complexity index is 1160. The Morgan fingerprint density at radius 1 is 1.20 bits per heavy atom. The van der Waals surface area contributed by atoms with E-state index in [0.29, 0.717) is 0 Å². The van der Waals surface area contributed by atoms with Crippen LogP contribution >= 0.6 is 23.1 Å². The van der Waals surface area contributed by atoms with Crippen LogP contribution in [0.2, 0.25) is 0 Å². The maximum absolute atomic E-state index is 12.7. The van der Waals surface area contributed by atoms with Gasteiger partial charge in [-0.2, -0.15) is 0 Å². The molecular formula is C19H17N3OS2. The van der Waals surface area contributed by atoms with E-state index in [-0.39, 0.29) is 5.56 Å². The number of benzene rings is 1. The van der Waals surface area contributed by atoms with Gasteiger partial charge in [0, 0.05) is 29.3 Å². The van der Waals surface area contributed by atoms with E-state index < -0.39 is 0 Å². The second-order valence-electron chi connectivity index (χ2n) is 6.00. The SMILES string of the molecule is Cc1sc2nc(SCc3cccc4cccnc34)n(C)c(=O)c2c1C. The van der Waals surface area contributed by atoms with Crippen molar-refractivity contribution < 1.29 is 0 Å². The highest BCUT2D eigenvalue weighted by Gasteiger charge is 2.15. The third-order valence-corrected chi connectivity index (χ3v) is 6.62. The van der Waals surface area contributed by atoms with Crippen LogP contribution in [0, 0.1) is 13.8 Å². The highest BCUT2D eigenvalue weighted by atomic mass is 32.2. The molecule has 0 radical (unpaired) electrons. The van der Waals surface area contributed by atoms with E-state index in [9.17, 15) is 4.79 Å². The summed E-state index contributed by atoms with van der Waals surface area (Å²) in [5.74, 6) is 0.726. The molecule has 0 aliphatic carbocycles. The lowest BCUT2D eigenvalue weighted by Gasteiger charge is -2.08. The van der Waals surface area contributed by atoms with Crippen LogP contribution in [0.15, 0.2) is 46.5 Å². The van der Waals surface area contributed by atoms with Gasteiger partial charge in [-0.25, -0.2) is 4.98 Å². The second kappa shape index (κ2) is 6.28. The van der Waals surface area contributed by atoms with Crippen LogP contribution in [0.25, 0.3) is 21.1 Å². The standard InChI is InChI=1S/C19H17N3OS2/c1-11-12(2)25-17-15(11)18(23)22(3)19(21-17)24-10-14-7-4-6-13-8-5-9-20-16(13)14/h4-9H,10H2,1-3H3.